The lowest BCUT2D eigenvalue weighted by atomic mass is 9.89. The maximum atomic E-state index is 9.13. The molecule has 0 bridgehead atoms. The number of aliphatic hydroxyl groups excluding tert-OH is 1. The van der Waals surface area contributed by atoms with Crippen LogP contribution in [0.3, 0.4) is 0 Å². The molecule has 1 rings (SSSR count). The van der Waals surface area contributed by atoms with Gasteiger partial charge in [0.2, 0.25) is 0 Å². The average Bonchev–Trinajstić information content (AvgIpc) is 2.51. The van der Waals surface area contributed by atoms with Gasteiger partial charge in [-0.25, -0.2) is 4.98 Å². The predicted octanol–water partition coefficient (Wildman–Crippen LogP) is 1.46. The molecule has 3 nitrogen and oxygen atoms in total. The summed E-state index contributed by atoms with van der Waals surface area (Å²) in [6.45, 7) is 7.36. The smallest absolute Gasteiger partial charge is 0.0948 e. The van der Waals surface area contributed by atoms with Gasteiger partial charge in [-0.2, -0.15) is 0 Å². The monoisotopic (exact) mass is 182 g/mol. The minimum absolute atomic E-state index is 0.0487. The van der Waals surface area contributed by atoms with Crippen LogP contribution < -0.4 is 0 Å². The third-order valence-corrected chi connectivity index (χ3v) is 2.23. The molecule has 1 N–H and O–H groups in total. The maximum absolute atomic E-state index is 9.13. The van der Waals surface area contributed by atoms with Gasteiger partial charge in [0.1, 0.15) is 0 Å². The van der Waals surface area contributed by atoms with E-state index in [1.807, 2.05) is 12.5 Å². The molecule has 74 valence electrons. The third kappa shape index (κ3) is 2.56. The zero-order valence-corrected chi connectivity index (χ0v) is 8.62. The van der Waals surface area contributed by atoms with E-state index in [-0.39, 0.29) is 12.0 Å². The number of aryl methyl sites for hydroxylation is 1. The Kier molecular flexibility index (Phi) is 3.09. The molecule has 1 aromatic rings. The molecule has 0 amide bonds. The van der Waals surface area contributed by atoms with E-state index >= 15 is 0 Å². The molecule has 0 saturated heterocycles. The van der Waals surface area contributed by atoms with Crippen molar-refractivity contribution in [1.29, 1.82) is 0 Å². The van der Waals surface area contributed by atoms with E-state index in [9.17, 15) is 0 Å². The highest BCUT2D eigenvalue weighted by atomic mass is 16.3. The molecule has 0 saturated carbocycles. The summed E-state index contributed by atoms with van der Waals surface area (Å²) in [5, 5.41) is 9.13. The lowest BCUT2D eigenvalue weighted by Crippen LogP contribution is -2.21. The van der Waals surface area contributed by atoms with Crippen molar-refractivity contribution >= 4 is 0 Å². The summed E-state index contributed by atoms with van der Waals surface area (Å²) in [4.78, 5) is 4.09. The van der Waals surface area contributed by atoms with Crippen LogP contribution in [0.5, 0.6) is 0 Å². The molecular weight excluding hydrogens is 164 g/mol. The number of rotatable bonds is 4. The van der Waals surface area contributed by atoms with Crippen molar-refractivity contribution in [2.75, 3.05) is 6.61 Å². The Balaban J connectivity index is 2.73. The Hall–Kier alpha value is -0.830. The van der Waals surface area contributed by atoms with Crippen molar-refractivity contribution in [2.45, 2.75) is 33.7 Å². The second-order valence-corrected chi connectivity index (χ2v) is 4.17. The van der Waals surface area contributed by atoms with Gasteiger partial charge in [0.25, 0.3) is 0 Å². The maximum Gasteiger partial charge on any atom is 0.0948 e. The fraction of sp³-hybridized carbons (Fsp3) is 0.700. The van der Waals surface area contributed by atoms with Gasteiger partial charge in [-0.05, 0) is 18.8 Å². The number of aliphatic hydroxyl groups is 1. The molecule has 1 heterocycles. The van der Waals surface area contributed by atoms with Crippen LogP contribution in [0.2, 0.25) is 0 Å². The van der Waals surface area contributed by atoms with Crippen molar-refractivity contribution < 1.29 is 5.11 Å². The zero-order valence-electron chi connectivity index (χ0n) is 8.62. The summed E-state index contributed by atoms with van der Waals surface area (Å²) in [5.74, 6) is 0. The first-order valence-electron chi connectivity index (χ1n) is 4.69. The van der Waals surface area contributed by atoms with E-state index in [0.29, 0.717) is 0 Å². The fourth-order valence-electron chi connectivity index (χ4n) is 1.33. The molecule has 0 fully saturated rings. The van der Waals surface area contributed by atoms with Gasteiger partial charge in [-0.15, -0.1) is 0 Å². The highest BCUT2D eigenvalue weighted by Gasteiger charge is 2.18. The second-order valence-electron chi connectivity index (χ2n) is 4.17. The second kappa shape index (κ2) is 3.92. The van der Waals surface area contributed by atoms with Crippen LogP contribution in [0.4, 0.5) is 0 Å². The highest BCUT2D eigenvalue weighted by Crippen LogP contribution is 2.20. The Bertz CT molecular complexity index is 266. The minimum atomic E-state index is -0.0487. The van der Waals surface area contributed by atoms with Crippen molar-refractivity contribution in [3.63, 3.8) is 0 Å². The van der Waals surface area contributed by atoms with Crippen LogP contribution in [-0.4, -0.2) is 21.3 Å². The van der Waals surface area contributed by atoms with Crippen LogP contribution in [0.1, 0.15) is 26.5 Å². The molecule has 0 aliphatic heterocycles. The van der Waals surface area contributed by atoms with Gasteiger partial charge >= 0.3 is 0 Å². The lowest BCUT2D eigenvalue weighted by molar-refractivity contribution is 0.157. The molecule has 0 aliphatic rings. The Morgan fingerprint density at radius 3 is 2.77 bits per heavy atom. The number of nitrogens with zero attached hydrogens (tertiary/aromatic N) is 2. The van der Waals surface area contributed by atoms with E-state index in [1.54, 1.807) is 0 Å². The summed E-state index contributed by atoms with van der Waals surface area (Å²) in [7, 11) is 0. The van der Waals surface area contributed by atoms with Crippen molar-refractivity contribution in [2.24, 2.45) is 5.41 Å². The van der Waals surface area contributed by atoms with E-state index in [4.69, 9.17) is 5.11 Å². The fourth-order valence-corrected chi connectivity index (χ4v) is 1.33. The zero-order chi connectivity index (χ0) is 9.90. The standard InChI is InChI=1S/C10H18N2O/c1-4-12-8-11-6-9(12)5-10(2,3)7-13/h6,8,13H,4-5,7H2,1-3H3. The Morgan fingerprint density at radius 2 is 2.23 bits per heavy atom. The van der Waals surface area contributed by atoms with Crippen molar-refractivity contribution in [3.8, 4) is 0 Å². The Morgan fingerprint density at radius 1 is 1.54 bits per heavy atom. The first-order valence-corrected chi connectivity index (χ1v) is 4.69. The van der Waals surface area contributed by atoms with Crippen LogP contribution in [0.25, 0.3) is 0 Å². The topological polar surface area (TPSA) is 38.0 Å². The first kappa shape index (κ1) is 10.3. The van der Waals surface area contributed by atoms with Crippen LogP contribution >= 0.6 is 0 Å². The quantitative estimate of drug-likeness (QED) is 0.765. The summed E-state index contributed by atoms with van der Waals surface area (Å²) in [6, 6.07) is 0. The van der Waals surface area contributed by atoms with Gasteiger partial charge in [0.15, 0.2) is 0 Å². The molecule has 0 aliphatic carbocycles. The Labute approximate surface area is 79.4 Å². The van der Waals surface area contributed by atoms with Crippen molar-refractivity contribution in [3.05, 3.63) is 18.2 Å². The van der Waals surface area contributed by atoms with Gasteiger partial charge in [0.05, 0.1) is 6.33 Å². The van der Waals surface area contributed by atoms with Crippen LogP contribution in [0.15, 0.2) is 12.5 Å². The third-order valence-electron chi connectivity index (χ3n) is 2.23. The van der Waals surface area contributed by atoms with E-state index in [0.717, 1.165) is 13.0 Å². The number of hydrogen-bond donors (Lipinski definition) is 1. The summed E-state index contributed by atoms with van der Waals surface area (Å²) >= 11 is 0. The lowest BCUT2D eigenvalue weighted by Gasteiger charge is -2.21. The molecule has 0 unspecified atom stereocenters. The normalized spacial score (nSPS) is 12.0. The molecule has 0 spiro atoms. The summed E-state index contributed by atoms with van der Waals surface area (Å²) < 4.78 is 2.11. The number of hydrogen-bond acceptors (Lipinski definition) is 2. The van der Waals surface area contributed by atoms with Gasteiger partial charge in [-0.1, -0.05) is 13.8 Å². The molecule has 13 heavy (non-hydrogen) atoms. The van der Waals surface area contributed by atoms with E-state index in [2.05, 4.69) is 30.3 Å². The number of imidazole rings is 1. The van der Waals surface area contributed by atoms with Gasteiger partial charge in [0, 0.05) is 25.0 Å². The van der Waals surface area contributed by atoms with Crippen molar-refractivity contribution in [1.82, 2.24) is 9.55 Å². The van der Waals surface area contributed by atoms with Gasteiger partial charge in [-0.3, -0.25) is 0 Å². The molecule has 3 heteroatoms. The van der Waals surface area contributed by atoms with Crippen LogP contribution in [-0.2, 0) is 13.0 Å². The molecule has 1 aromatic heterocycles. The molecule has 0 aromatic carbocycles. The van der Waals surface area contributed by atoms with Crippen LogP contribution in [0, 0.1) is 5.41 Å². The minimum Gasteiger partial charge on any atom is -0.396 e. The number of aromatic nitrogens is 2. The molecular formula is C10H18N2O. The molecule has 0 atom stereocenters. The summed E-state index contributed by atoms with van der Waals surface area (Å²) in [6.07, 6.45) is 4.58. The summed E-state index contributed by atoms with van der Waals surface area (Å²) in [5.41, 5.74) is 1.15. The average molecular weight is 182 g/mol. The molecule has 0 radical (unpaired) electrons. The first-order chi connectivity index (χ1) is 6.09. The SMILES string of the molecule is CCn1cncc1CC(C)(C)CO. The van der Waals surface area contributed by atoms with Gasteiger partial charge < -0.3 is 9.67 Å². The van der Waals surface area contributed by atoms with E-state index in [1.165, 1.54) is 5.69 Å². The largest absolute Gasteiger partial charge is 0.396 e. The predicted molar refractivity (Wildman–Crippen MR) is 52.5 cm³/mol. The highest BCUT2D eigenvalue weighted by molar-refractivity contribution is 5.01. The van der Waals surface area contributed by atoms with E-state index < -0.39 is 0 Å².